The number of nitrogens with one attached hydrogen (secondary N) is 1. The van der Waals surface area contributed by atoms with E-state index in [1.54, 1.807) is 31.4 Å². The molecular formula is C15H16N4O5. The minimum absolute atomic E-state index is 0.111. The van der Waals surface area contributed by atoms with E-state index in [1.807, 2.05) is 0 Å². The zero-order valence-corrected chi connectivity index (χ0v) is 13.0. The van der Waals surface area contributed by atoms with E-state index in [0.29, 0.717) is 35.8 Å². The molecule has 3 aromatic rings. The zero-order chi connectivity index (χ0) is 16.9. The number of para-hydroxylation sites is 2. The van der Waals surface area contributed by atoms with Crippen molar-refractivity contribution in [2.75, 3.05) is 13.7 Å². The van der Waals surface area contributed by atoms with Crippen LogP contribution in [0, 0.1) is 0 Å². The van der Waals surface area contributed by atoms with E-state index in [9.17, 15) is 9.59 Å². The molecule has 0 atom stereocenters. The highest BCUT2D eigenvalue weighted by molar-refractivity contribution is 5.79. The summed E-state index contributed by atoms with van der Waals surface area (Å²) in [5.74, 6) is -0.128. The Morgan fingerprint density at radius 3 is 3.04 bits per heavy atom. The van der Waals surface area contributed by atoms with Crippen molar-refractivity contribution in [3.63, 3.8) is 0 Å². The first kappa shape index (κ1) is 15.9. The number of ether oxygens (including phenoxy) is 1. The molecule has 1 N–H and O–H groups in total. The van der Waals surface area contributed by atoms with Crippen molar-refractivity contribution in [3.8, 4) is 0 Å². The van der Waals surface area contributed by atoms with Crippen LogP contribution in [0.4, 0.5) is 0 Å². The Kier molecular flexibility index (Phi) is 4.71. The van der Waals surface area contributed by atoms with Crippen LogP contribution in [0.5, 0.6) is 0 Å². The number of carbonyl (C=O) groups excluding carboxylic acids is 1. The maximum atomic E-state index is 12.0. The first-order valence-electron chi connectivity index (χ1n) is 7.33. The van der Waals surface area contributed by atoms with E-state index >= 15 is 0 Å². The highest BCUT2D eigenvalue weighted by atomic mass is 16.5. The Balaban J connectivity index is 1.60. The van der Waals surface area contributed by atoms with Gasteiger partial charge in [0.25, 0.3) is 0 Å². The molecule has 3 rings (SSSR count). The molecule has 0 aliphatic carbocycles. The lowest BCUT2D eigenvalue weighted by Gasteiger charge is -2.03. The van der Waals surface area contributed by atoms with Gasteiger partial charge in [-0.1, -0.05) is 17.3 Å². The Bertz CT molecular complexity index is 895. The second-order valence-corrected chi connectivity index (χ2v) is 5.05. The van der Waals surface area contributed by atoms with Crippen molar-refractivity contribution in [3.05, 3.63) is 46.5 Å². The molecule has 2 heterocycles. The molecule has 24 heavy (non-hydrogen) atoms. The largest absolute Gasteiger partial charge is 0.420 e. The third kappa shape index (κ3) is 3.51. The summed E-state index contributed by atoms with van der Waals surface area (Å²) in [6.45, 7) is 0.439. The second kappa shape index (κ2) is 7.09. The quantitative estimate of drug-likeness (QED) is 0.669. The van der Waals surface area contributed by atoms with Gasteiger partial charge >= 0.3 is 5.76 Å². The summed E-state index contributed by atoms with van der Waals surface area (Å²) in [4.78, 5) is 28.0. The lowest BCUT2D eigenvalue weighted by molar-refractivity contribution is -0.121. The number of fused-ring (bicyclic) bond motifs is 1. The summed E-state index contributed by atoms with van der Waals surface area (Å²) in [5.41, 5.74) is 1.01. The smallest absolute Gasteiger partial charge is 0.408 e. The third-order valence-corrected chi connectivity index (χ3v) is 3.35. The van der Waals surface area contributed by atoms with Gasteiger partial charge in [0.2, 0.25) is 11.8 Å². The van der Waals surface area contributed by atoms with Crippen molar-refractivity contribution in [1.82, 2.24) is 20.0 Å². The summed E-state index contributed by atoms with van der Waals surface area (Å²) in [5, 5.41) is 6.40. The number of hydrogen-bond donors (Lipinski definition) is 1. The van der Waals surface area contributed by atoms with Crippen molar-refractivity contribution in [1.29, 1.82) is 0 Å². The van der Waals surface area contributed by atoms with E-state index in [-0.39, 0.29) is 19.0 Å². The van der Waals surface area contributed by atoms with E-state index in [2.05, 4.69) is 15.5 Å². The number of rotatable bonds is 7. The normalized spacial score (nSPS) is 11.0. The Morgan fingerprint density at radius 1 is 1.38 bits per heavy atom. The molecule has 2 aromatic heterocycles. The molecule has 0 fully saturated rings. The van der Waals surface area contributed by atoms with Gasteiger partial charge in [-0.25, -0.2) is 4.79 Å². The summed E-state index contributed by atoms with van der Waals surface area (Å²) in [7, 11) is 1.58. The monoisotopic (exact) mass is 332 g/mol. The molecule has 9 nitrogen and oxygen atoms in total. The van der Waals surface area contributed by atoms with Crippen LogP contribution in [0.1, 0.15) is 11.7 Å². The predicted molar refractivity (Wildman–Crippen MR) is 82.2 cm³/mol. The topological polar surface area (TPSA) is 112 Å². The van der Waals surface area contributed by atoms with Crippen LogP contribution in [-0.4, -0.2) is 34.3 Å². The van der Waals surface area contributed by atoms with Gasteiger partial charge in [0, 0.05) is 7.11 Å². The molecule has 126 valence electrons. The van der Waals surface area contributed by atoms with Gasteiger partial charge in [-0.3, -0.25) is 9.36 Å². The fourth-order valence-electron chi connectivity index (χ4n) is 2.19. The number of benzene rings is 1. The van der Waals surface area contributed by atoms with Crippen LogP contribution in [-0.2, 0) is 29.0 Å². The van der Waals surface area contributed by atoms with Gasteiger partial charge in [-0.05, 0) is 12.1 Å². The Morgan fingerprint density at radius 2 is 2.21 bits per heavy atom. The molecule has 0 radical (unpaired) electrons. The maximum absolute atomic E-state index is 12.0. The predicted octanol–water partition coefficient (Wildman–Crippen LogP) is 0.483. The lowest BCUT2D eigenvalue weighted by Crippen LogP contribution is -2.30. The van der Waals surface area contributed by atoms with Crippen molar-refractivity contribution in [2.45, 2.75) is 19.5 Å². The molecule has 0 aliphatic heterocycles. The summed E-state index contributed by atoms with van der Waals surface area (Å²) >= 11 is 0. The molecule has 9 heteroatoms. The molecule has 0 bridgehead atoms. The number of hydrogen-bond acceptors (Lipinski definition) is 7. The van der Waals surface area contributed by atoms with Crippen molar-refractivity contribution < 1.29 is 18.5 Å². The van der Waals surface area contributed by atoms with Crippen LogP contribution in [0.2, 0.25) is 0 Å². The SMILES string of the molecule is COCCc1nc(CNC(=O)Cn2c(=O)oc3ccccc32)no1. The average molecular weight is 332 g/mol. The van der Waals surface area contributed by atoms with E-state index in [0.717, 1.165) is 0 Å². The fraction of sp³-hybridized carbons (Fsp3) is 0.333. The fourth-order valence-corrected chi connectivity index (χ4v) is 2.19. The zero-order valence-electron chi connectivity index (χ0n) is 13.0. The number of amides is 1. The first-order valence-corrected chi connectivity index (χ1v) is 7.33. The summed E-state index contributed by atoms with van der Waals surface area (Å²) < 4.78 is 16.3. The summed E-state index contributed by atoms with van der Waals surface area (Å²) in [6.07, 6.45) is 0.508. The number of methoxy groups -OCH3 is 1. The molecule has 0 spiro atoms. The highest BCUT2D eigenvalue weighted by Crippen LogP contribution is 2.11. The number of oxazole rings is 1. The number of carbonyl (C=O) groups is 1. The second-order valence-electron chi connectivity index (χ2n) is 5.05. The van der Waals surface area contributed by atoms with Crippen LogP contribution in [0.3, 0.4) is 0 Å². The van der Waals surface area contributed by atoms with Crippen LogP contribution in [0.15, 0.2) is 38.0 Å². The van der Waals surface area contributed by atoms with Gasteiger partial charge in [0.1, 0.15) is 6.54 Å². The minimum Gasteiger partial charge on any atom is -0.408 e. The molecule has 0 unspecified atom stereocenters. The van der Waals surface area contributed by atoms with E-state index in [4.69, 9.17) is 13.7 Å². The molecular weight excluding hydrogens is 316 g/mol. The number of nitrogens with zero attached hydrogens (tertiary/aromatic N) is 3. The van der Waals surface area contributed by atoms with E-state index < -0.39 is 5.76 Å². The van der Waals surface area contributed by atoms with Crippen LogP contribution < -0.4 is 11.1 Å². The molecule has 1 amide bonds. The molecule has 1 aromatic carbocycles. The van der Waals surface area contributed by atoms with Crippen LogP contribution >= 0.6 is 0 Å². The lowest BCUT2D eigenvalue weighted by atomic mass is 10.3. The summed E-state index contributed by atoms with van der Waals surface area (Å²) in [6, 6.07) is 6.92. The molecule has 0 saturated carbocycles. The van der Waals surface area contributed by atoms with Gasteiger partial charge in [-0.2, -0.15) is 4.98 Å². The molecule has 0 aliphatic rings. The minimum atomic E-state index is -0.576. The third-order valence-electron chi connectivity index (χ3n) is 3.35. The Hall–Kier alpha value is -2.94. The Labute approximate surface area is 136 Å². The number of aromatic nitrogens is 3. The van der Waals surface area contributed by atoms with Gasteiger partial charge in [-0.15, -0.1) is 0 Å². The molecule has 0 saturated heterocycles. The standard InChI is InChI=1S/C15H16N4O5/c1-22-7-6-14-17-12(18-24-14)8-16-13(20)9-19-10-4-2-3-5-11(10)23-15(19)21/h2-5H,6-9H2,1H3,(H,16,20). The van der Waals surface area contributed by atoms with Crippen molar-refractivity contribution >= 4 is 17.0 Å². The van der Waals surface area contributed by atoms with Gasteiger partial charge in [0.05, 0.1) is 25.1 Å². The average Bonchev–Trinajstić information content (AvgIpc) is 3.16. The first-order chi connectivity index (χ1) is 11.7. The highest BCUT2D eigenvalue weighted by Gasteiger charge is 2.13. The maximum Gasteiger partial charge on any atom is 0.420 e. The van der Waals surface area contributed by atoms with Gasteiger partial charge in [0.15, 0.2) is 11.4 Å². The van der Waals surface area contributed by atoms with E-state index in [1.165, 1.54) is 4.57 Å². The van der Waals surface area contributed by atoms with Crippen molar-refractivity contribution in [2.24, 2.45) is 0 Å². The van der Waals surface area contributed by atoms with Gasteiger partial charge < -0.3 is 19.0 Å². The van der Waals surface area contributed by atoms with Crippen LogP contribution in [0.25, 0.3) is 11.1 Å².